The molecule has 0 unspecified atom stereocenters. The molecule has 32 heavy (non-hydrogen) atoms. The van der Waals surface area contributed by atoms with Gasteiger partial charge in [-0.25, -0.2) is 13.2 Å². The van der Waals surface area contributed by atoms with Crippen molar-refractivity contribution in [1.29, 1.82) is 0 Å². The number of piperidine rings is 1. The molecule has 2 aromatic carbocycles. The predicted molar refractivity (Wildman–Crippen MR) is 123 cm³/mol. The fourth-order valence-corrected chi connectivity index (χ4v) is 5.25. The molecule has 1 fully saturated rings. The number of carbonyl (C=O) groups excluding carboxylic acids is 2. The third-order valence-electron chi connectivity index (χ3n) is 5.67. The summed E-state index contributed by atoms with van der Waals surface area (Å²) in [5.74, 6) is -0.150. The average molecular weight is 459 g/mol. The fraction of sp³-hybridized carbons (Fsp3) is 0.417. The first-order valence-electron chi connectivity index (χ1n) is 10.7. The van der Waals surface area contributed by atoms with Gasteiger partial charge in [-0.15, -0.1) is 0 Å². The molecule has 3 rings (SSSR count). The monoisotopic (exact) mass is 458 g/mol. The minimum Gasteiger partial charge on any atom is -0.452 e. The van der Waals surface area contributed by atoms with Crippen molar-refractivity contribution in [3.63, 3.8) is 0 Å². The Hall–Kier alpha value is -2.87. The quantitative estimate of drug-likeness (QED) is 0.619. The number of amides is 1. The molecule has 1 saturated heterocycles. The SMILES string of the molecule is Cc1ccc(N(C)S(=O)(=O)c2cccc(C(=O)OCC(=O)N3C[C@@H](C)C[C@H](C)C3)c2)cc1. The van der Waals surface area contributed by atoms with Gasteiger partial charge >= 0.3 is 5.97 Å². The number of ether oxygens (including phenoxy) is 1. The van der Waals surface area contributed by atoms with E-state index in [1.165, 1.54) is 35.6 Å². The summed E-state index contributed by atoms with van der Waals surface area (Å²) in [5, 5.41) is 0. The minimum atomic E-state index is -3.87. The number of nitrogens with zero attached hydrogens (tertiary/aromatic N) is 2. The van der Waals surface area contributed by atoms with Crippen molar-refractivity contribution < 1.29 is 22.7 Å². The van der Waals surface area contributed by atoms with Crippen LogP contribution in [0.5, 0.6) is 0 Å². The summed E-state index contributed by atoms with van der Waals surface area (Å²) in [6.07, 6.45) is 1.07. The van der Waals surface area contributed by atoms with Gasteiger partial charge < -0.3 is 9.64 Å². The van der Waals surface area contributed by atoms with Crippen LogP contribution < -0.4 is 4.31 Å². The molecular formula is C24H30N2O5S. The first-order valence-corrected chi connectivity index (χ1v) is 12.1. The Morgan fingerprint density at radius 1 is 1.06 bits per heavy atom. The van der Waals surface area contributed by atoms with Gasteiger partial charge in [0.1, 0.15) is 0 Å². The fourth-order valence-electron chi connectivity index (χ4n) is 4.00. The number of carbonyl (C=O) groups is 2. The van der Waals surface area contributed by atoms with E-state index in [1.54, 1.807) is 17.0 Å². The van der Waals surface area contributed by atoms with E-state index in [1.807, 2.05) is 19.1 Å². The molecule has 0 saturated carbocycles. The van der Waals surface area contributed by atoms with Gasteiger partial charge in [0.2, 0.25) is 0 Å². The molecule has 172 valence electrons. The first kappa shape index (κ1) is 23.8. The van der Waals surface area contributed by atoms with Crippen molar-refractivity contribution in [2.75, 3.05) is 31.0 Å². The van der Waals surface area contributed by atoms with Gasteiger partial charge in [0.15, 0.2) is 6.61 Å². The third kappa shape index (κ3) is 5.48. The molecule has 1 heterocycles. The number of hydrogen-bond donors (Lipinski definition) is 0. The van der Waals surface area contributed by atoms with E-state index in [-0.39, 0.29) is 23.0 Å². The molecule has 7 nitrogen and oxygen atoms in total. The van der Waals surface area contributed by atoms with E-state index in [0.29, 0.717) is 30.6 Å². The predicted octanol–water partition coefficient (Wildman–Crippen LogP) is 3.48. The zero-order chi connectivity index (χ0) is 23.5. The normalized spacial score (nSPS) is 18.8. The zero-order valence-electron chi connectivity index (χ0n) is 18.9. The van der Waals surface area contributed by atoms with Crippen LogP contribution in [0.1, 0.15) is 36.2 Å². The Bertz CT molecular complexity index is 1070. The van der Waals surface area contributed by atoms with Crippen molar-refractivity contribution in [2.45, 2.75) is 32.1 Å². The molecule has 8 heteroatoms. The number of sulfonamides is 1. The second kappa shape index (κ2) is 9.73. The van der Waals surface area contributed by atoms with Gasteiger partial charge in [0.05, 0.1) is 16.1 Å². The molecule has 1 aliphatic rings. The summed E-state index contributed by atoms with van der Waals surface area (Å²) in [5.41, 5.74) is 1.61. The van der Waals surface area contributed by atoms with Gasteiger partial charge in [0.25, 0.3) is 15.9 Å². The number of rotatable bonds is 6. The van der Waals surface area contributed by atoms with E-state index >= 15 is 0 Å². The topological polar surface area (TPSA) is 84.0 Å². The molecule has 0 bridgehead atoms. The number of hydrogen-bond acceptors (Lipinski definition) is 5. The Balaban J connectivity index is 1.69. The molecule has 1 aliphatic heterocycles. The molecular weight excluding hydrogens is 428 g/mol. The Morgan fingerprint density at radius 2 is 1.69 bits per heavy atom. The summed E-state index contributed by atoms with van der Waals surface area (Å²) in [7, 11) is -2.41. The third-order valence-corrected chi connectivity index (χ3v) is 7.46. The van der Waals surface area contributed by atoms with Crippen molar-refractivity contribution in [3.8, 4) is 0 Å². The first-order chi connectivity index (χ1) is 15.1. The lowest BCUT2D eigenvalue weighted by Crippen LogP contribution is -2.44. The van der Waals surface area contributed by atoms with Crippen molar-refractivity contribution in [2.24, 2.45) is 11.8 Å². The Kier molecular flexibility index (Phi) is 7.23. The highest BCUT2D eigenvalue weighted by atomic mass is 32.2. The van der Waals surface area contributed by atoms with Crippen LogP contribution in [-0.2, 0) is 19.6 Å². The van der Waals surface area contributed by atoms with E-state index < -0.39 is 16.0 Å². The van der Waals surface area contributed by atoms with Crippen LogP contribution in [0.3, 0.4) is 0 Å². The molecule has 0 radical (unpaired) electrons. The second-order valence-electron chi connectivity index (χ2n) is 8.66. The van der Waals surface area contributed by atoms with Crippen LogP contribution in [0.2, 0.25) is 0 Å². The van der Waals surface area contributed by atoms with E-state index in [0.717, 1.165) is 12.0 Å². The lowest BCUT2D eigenvalue weighted by Gasteiger charge is -2.34. The van der Waals surface area contributed by atoms with Gasteiger partial charge in [-0.3, -0.25) is 9.10 Å². The maximum Gasteiger partial charge on any atom is 0.338 e. The minimum absolute atomic E-state index is 0.0277. The maximum absolute atomic E-state index is 13.0. The number of aryl methyl sites for hydroxylation is 1. The summed E-state index contributed by atoms with van der Waals surface area (Å²) >= 11 is 0. The van der Waals surface area contributed by atoms with Crippen LogP contribution >= 0.6 is 0 Å². The van der Waals surface area contributed by atoms with Crippen molar-refractivity contribution in [3.05, 3.63) is 59.7 Å². The van der Waals surface area contributed by atoms with E-state index in [4.69, 9.17) is 4.74 Å². The van der Waals surface area contributed by atoms with Crippen LogP contribution in [0.4, 0.5) is 5.69 Å². The van der Waals surface area contributed by atoms with Crippen molar-refractivity contribution >= 4 is 27.6 Å². The standard InChI is InChI=1S/C24H30N2O5S/c1-17-8-10-21(11-9-17)25(4)32(29,30)22-7-5-6-20(13-22)24(28)31-16-23(27)26-14-18(2)12-19(3)15-26/h5-11,13,18-19H,12,14-16H2,1-4H3/t18-,19-/m0/s1. The Labute approximate surface area is 190 Å². The molecule has 0 spiro atoms. The summed E-state index contributed by atoms with van der Waals surface area (Å²) in [4.78, 5) is 26.7. The lowest BCUT2D eigenvalue weighted by molar-refractivity contribution is -0.137. The largest absolute Gasteiger partial charge is 0.452 e. The van der Waals surface area contributed by atoms with Gasteiger partial charge in [-0.05, 0) is 55.5 Å². The van der Waals surface area contributed by atoms with Crippen LogP contribution in [0, 0.1) is 18.8 Å². The lowest BCUT2D eigenvalue weighted by atomic mass is 9.92. The smallest absolute Gasteiger partial charge is 0.338 e. The highest BCUT2D eigenvalue weighted by molar-refractivity contribution is 7.92. The van der Waals surface area contributed by atoms with Crippen LogP contribution in [0.25, 0.3) is 0 Å². The molecule has 0 aromatic heterocycles. The molecule has 0 N–H and O–H groups in total. The molecule has 2 atom stereocenters. The number of benzene rings is 2. The van der Waals surface area contributed by atoms with Gasteiger partial charge in [-0.2, -0.15) is 0 Å². The maximum atomic E-state index is 13.0. The molecule has 1 amide bonds. The summed E-state index contributed by atoms with van der Waals surface area (Å²) < 4.78 is 32.4. The van der Waals surface area contributed by atoms with Gasteiger partial charge in [-0.1, -0.05) is 37.6 Å². The number of esters is 1. The summed E-state index contributed by atoms with van der Waals surface area (Å²) in [6, 6.07) is 12.8. The zero-order valence-corrected chi connectivity index (χ0v) is 19.8. The van der Waals surface area contributed by atoms with Crippen LogP contribution in [-0.4, -0.2) is 51.9 Å². The van der Waals surface area contributed by atoms with E-state index in [9.17, 15) is 18.0 Å². The number of anilines is 1. The molecule has 2 aromatic rings. The molecule has 0 aliphatic carbocycles. The van der Waals surface area contributed by atoms with Crippen molar-refractivity contribution in [1.82, 2.24) is 4.90 Å². The highest BCUT2D eigenvalue weighted by Crippen LogP contribution is 2.24. The number of likely N-dealkylation sites (tertiary alicyclic amines) is 1. The average Bonchev–Trinajstić information content (AvgIpc) is 2.76. The summed E-state index contributed by atoms with van der Waals surface area (Å²) in [6.45, 7) is 7.06. The second-order valence-corrected chi connectivity index (χ2v) is 10.6. The highest BCUT2D eigenvalue weighted by Gasteiger charge is 2.27. The van der Waals surface area contributed by atoms with Gasteiger partial charge in [0, 0.05) is 20.1 Å². The van der Waals surface area contributed by atoms with E-state index in [2.05, 4.69) is 13.8 Å². The Morgan fingerprint density at radius 3 is 2.31 bits per heavy atom. The van der Waals surface area contributed by atoms with Crippen LogP contribution in [0.15, 0.2) is 53.4 Å².